The number of hydrogen-bond donors (Lipinski definition) is 0. The van der Waals surface area contributed by atoms with Gasteiger partial charge in [0.2, 0.25) is 0 Å². The molecule has 18 heavy (non-hydrogen) atoms. The molecular weight excluding hydrogens is 224 g/mol. The zero-order valence-corrected chi connectivity index (χ0v) is 13.0. The van der Waals surface area contributed by atoms with Crippen LogP contribution in [0.25, 0.3) is 0 Å². The van der Waals surface area contributed by atoms with Crippen LogP contribution in [0, 0.1) is 5.92 Å². The molecule has 2 heteroatoms. The third-order valence-electron chi connectivity index (χ3n) is 3.11. The van der Waals surface area contributed by atoms with Crippen LogP contribution in [0.15, 0.2) is 0 Å². The van der Waals surface area contributed by atoms with Crippen LogP contribution in [-0.2, 0) is 9.47 Å². The fourth-order valence-corrected chi connectivity index (χ4v) is 1.73. The van der Waals surface area contributed by atoms with E-state index in [2.05, 4.69) is 27.7 Å². The minimum absolute atomic E-state index is 0.433. The molecule has 0 aliphatic heterocycles. The molecule has 0 bridgehead atoms. The molecule has 0 aliphatic rings. The normalized spacial score (nSPS) is 13.2. The molecule has 2 nitrogen and oxygen atoms in total. The second-order valence-corrected chi connectivity index (χ2v) is 5.68. The summed E-state index contributed by atoms with van der Waals surface area (Å²) in [6.45, 7) is 11.5. The summed E-state index contributed by atoms with van der Waals surface area (Å²) in [4.78, 5) is 0. The van der Waals surface area contributed by atoms with Crippen LogP contribution in [0.3, 0.4) is 0 Å². The Balaban J connectivity index is 2.99. The minimum Gasteiger partial charge on any atom is -0.381 e. The largest absolute Gasteiger partial charge is 0.381 e. The molecule has 0 amide bonds. The predicted molar refractivity (Wildman–Crippen MR) is 79.1 cm³/mol. The van der Waals surface area contributed by atoms with Crippen LogP contribution in [0.4, 0.5) is 0 Å². The van der Waals surface area contributed by atoms with Gasteiger partial charge in [0.05, 0.1) is 6.10 Å². The third kappa shape index (κ3) is 14.0. The Morgan fingerprint density at radius 2 is 1.33 bits per heavy atom. The molecule has 0 aromatic heterocycles. The Labute approximate surface area is 114 Å². The molecule has 0 spiro atoms. The second-order valence-electron chi connectivity index (χ2n) is 5.68. The van der Waals surface area contributed by atoms with E-state index < -0.39 is 0 Å². The van der Waals surface area contributed by atoms with E-state index in [0.717, 1.165) is 26.2 Å². The highest BCUT2D eigenvalue weighted by atomic mass is 16.5. The van der Waals surface area contributed by atoms with Crippen LogP contribution in [-0.4, -0.2) is 25.9 Å². The summed E-state index contributed by atoms with van der Waals surface area (Å²) in [5, 5.41) is 0. The summed E-state index contributed by atoms with van der Waals surface area (Å²) in [5.41, 5.74) is 0. The van der Waals surface area contributed by atoms with E-state index >= 15 is 0 Å². The second kappa shape index (κ2) is 13.4. The summed E-state index contributed by atoms with van der Waals surface area (Å²) >= 11 is 0. The van der Waals surface area contributed by atoms with Crippen molar-refractivity contribution in [3.8, 4) is 0 Å². The van der Waals surface area contributed by atoms with E-state index in [1.54, 1.807) is 0 Å². The zero-order valence-electron chi connectivity index (χ0n) is 13.0. The summed E-state index contributed by atoms with van der Waals surface area (Å²) in [7, 11) is 0. The standard InChI is InChI=1S/C16H34O2/c1-5-16(4)18-13-11-9-7-6-8-10-12-17-14-15(2)3/h15-16H,5-14H2,1-4H3. The maximum atomic E-state index is 5.65. The molecule has 110 valence electrons. The van der Waals surface area contributed by atoms with E-state index in [1.165, 1.54) is 38.5 Å². The van der Waals surface area contributed by atoms with Crippen LogP contribution >= 0.6 is 0 Å². The zero-order chi connectivity index (χ0) is 13.6. The van der Waals surface area contributed by atoms with Gasteiger partial charge < -0.3 is 9.47 Å². The molecule has 0 aromatic rings. The monoisotopic (exact) mass is 258 g/mol. The van der Waals surface area contributed by atoms with Crippen LogP contribution in [0.5, 0.6) is 0 Å². The molecule has 0 saturated heterocycles. The first kappa shape index (κ1) is 17.9. The van der Waals surface area contributed by atoms with Gasteiger partial charge in [-0.2, -0.15) is 0 Å². The first-order chi connectivity index (χ1) is 8.66. The lowest BCUT2D eigenvalue weighted by Crippen LogP contribution is -2.07. The third-order valence-corrected chi connectivity index (χ3v) is 3.11. The van der Waals surface area contributed by atoms with Gasteiger partial charge >= 0.3 is 0 Å². The fraction of sp³-hybridized carbons (Fsp3) is 1.00. The van der Waals surface area contributed by atoms with Crippen molar-refractivity contribution in [3.63, 3.8) is 0 Å². The van der Waals surface area contributed by atoms with Crippen molar-refractivity contribution in [2.45, 2.75) is 78.7 Å². The summed E-state index contributed by atoms with van der Waals surface area (Å²) < 4.78 is 11.2. The molecule has 1 atom stereocenters. The molecule has 0 N–H and O–H groups in total. The van der Waals surface area contributed by atoms with Gasteiger partial charge in [-0.05, 0) is 32.1 Å². The lowest BCUT2D eigenvalue weighted by molar-refractivity contribution is 0.0607. The molecule has 0 radical (unpaired) electrons. The molecule has 0 aromatic carbocycles. The van der Waals surface area contributed by atoms with E-state index in [-0.39, 0.29) is 0 Å². The van der Waals surface area contributed by atoms with Crippen LogP contribution in [0.2, 0.25) is 0 Å². The highest BCUT2D eigenvalue weighted by Crippen LogP contribution is 2.07. The van der Waals surface area contributed by atoms with Gasteiger partial charge in [-0.15, -0.1) is 0 Å². The Hall–Kier alpha value is -0.0800. The average molecular weight is 258 g/mol. The van der Waals surface area contributed by atoms with Gasteiger partial charge in [0.15, 0.2) is 0 Å². The summed E-state index contributed by atoms with van der Waals surface area (Å²) in [5.74, 6) is 0.663. The predicted octanol–water partition coefficient (Wildman–Crippen LogP) is 4.81. The molecule has 0 heterocycles. The lowest BCUT2D eigenvalue weighted by Gasteiger charge is -2.10. The molecular formula is C16H34O2. The Bertz CT molecular complexity index is 157. The van der Waals surface area contributed by atoms with Gasteiger partial charge in [0.1, 0.15) is 0 Å². The Morgan fingerprint density at radius 1 is 0.778 bits per heavy atom. The van der Waals surface area contributed by atoms with Crippen molar-refractivity contribution in [2.75, 3.05) is 19.8 Å². The van der Waals surface area contributed by atoms with Crippen molar-refractivity contribution < 1.29 is 9.47 Å². The smallest absolute Gasteiger partial charge is 0.0544 e. The number of hydrogen-bond acceptors (Lipinski definition) is 2. The van der Waals surface area contributed by atoms with E-state index in [1.807, 2.05) is 0 Å². The van der Waals surface area contributed by atoms with Gasteiger partial charge in [0, 0.05) is 19.8 Å². The number of ether oxygens (including phenoxy) is 2. The van der Waals surface area contributed by atoms with E-state index in [0.29, 0.717) is 12.0 Å². The van der Waals surface area contributed by atoms with E-state index in [4.69, 9.17) is 9.47 Å². The highest BCUT2D eigenvalue weighted by molar-refractivity contribution is 4.48. The van der Waals surface area contributed by atoms with Crippen molar-refractivity contribution >= 4 is 0 Å². The van der Waals surface area contributed by atoms with Gasteiger partial charge in [-0.25, -0.2) is 0 Å². The van der Waals surface area contributed by atoms with E-state index in [9.17, 15) is 0 Å². The Kier molecular flexibility index (Phi) is 13.3. The first-order valence-corrected chi connectivity index (χ1v) is 7.86. The van der Waals surface area contributed by atoms with Crippen molar-refractivity contribution in [2.24, 2.45) is 5.92 Å². The average Bonchev–Trinajstić information content (AvgIpc) is 2.35. The summed E-state index contributed by atoms with van der Waals surface area (Å²) in [6.07, 6.45) is 9.29. The van der Waals surface area contributed by atoms with Crippen LogP contribution in [0.1, 0.15) is 72.6 Å². The number of unbranched alkanes of at least 4 members (excludes halogenated alkanes) is 5. The van der Waals surface area contributed by atoms with Gasteiger partial charge in [-0.1, -0.05) is 46.5 Å². The lowest BCUT2D eigenvalue weighted by atomic mass is 10.1. The maximum absolute atomic E-state index is 5.65. The maximum Gasteiger partial charge on any atom is 0.0544 e. The molecule has 0 saturated carbocycles. The topological polar surface area (TPSA) is 18.5 Å². The van der Waals surface area contributed by atoms with Gasteiger partial charge in [-0.3, -0.25) is 0 Å². The number of rotatable bonds is 13. The van der Waals surface area contributed by atoms with Crippen LogP contribution < -0.4 is 0 Å². The van der Waals surface area contributed by atoms with Crippen molar-refractivity contribution in [1.29, 1.82) is 0 Å². The molecule has 0 rings (SSSR count). The minimum atomic E-state index is 0.433. The quantitative estimate of drug-likeness (QED) is 0.441. The van der Waals surface area contributed by atoms with Gasteiger partial charge in [0.25, 0.3) is 0 Å². The van der Waals surface area contributed by atoms with Crippen molar-refractivity contribution in [1.82, 2.24) is 0 Å². The highest BCUT2D eigenvalue weighted by Gasteiger charge is 1.98. The fourth-order valence-electron chi connectivity index (χ4n) is 1.73. The molecule has 1 unspecified atom stereocenters. The first-order valence-electron chi connectivity index (χ1n) is 7.86. The Morgan fingerprint density at radius 3 is 1.89 bits per heavy atom. The van der Waals surface area contributed by atoms with Crippen molar-refractivity contribution in [3.05, 3.63) is 0 Å². The summed E-state index contributed by atoms with van der Waals surface area (Å²) in [6, 6.07) is 0. The SMILES string of the molecule is CCC(C)OCCCCCCCCOCC(C)C. The molecule has 0 fully saturated rings. The molecule has 0 aliphatic carbocycles.